The van der Waals surface area contributed by atoms with Gasteiger partial charge in [0.2, 0.25) is 0 Å². The van der Waals surface area contributed by atoms with Gasteiger partial charge in [0.15, 0.2) is 0 Å². The number of carbonyl (C=O) groups is 1. The maximum absolute atomic E-state index is 11.3. The van der Waals surface area contributed by atoms with Gasteiger partial charge in [-0.2, -0.15) is 0 Å². The molecule has 2 atom stereocenters. The van der Waals surface area contributed by atoms with Gasteiger partial charge in [-0.3, -0.25) is 4.79 Å². The van der Waals surface area contributed by atoms with E-state index in [1.54, 1.807) is 6.92 Å². The zero-order valence-electron chi connectivity index (χ0n) is 10.4. The highest BCUT2D eigenvalue weighted by molar-refractivity contribution is 9.10. The molecule has 0 aromatic heterocycles. The molecular formula is C15H17BrO2. The molecule has 0 saturated carbocycles. The molecule has 0 saturated heterocycles. The van der Waals surface area contributed by atoms with Gasteiger partial charge in [-0.15, -0.1) is 0 Å². The summed E-state index contributed by atoms with van der Waals surface area (Å²) < 4.78 is 1.01. The molecule has 0 amide bonds. The topological polar surface area (TPSA) is 37.3 Å². The molecule has 0 heterocycles. The molecule has 0 aliphatic heterocycles. The summed E-state index contributed by atoms with van der Waals surface area (Å²) in [6.07, 6.45) is 3.92. The quantitative estimate of drug-likeness (QED) is 0.862. The van der Waals surface area contributed by atoms with Gasteiger partial charge in [0, 0.05) is 10.4 Å². The van der Waals surface area contributed by atoms with Crippen LogP contribution in [0.5, 0.6) is 0 Å². The van der Waals surface area contributed by atoms with Crippen molar-refractivity contribution in [2.45, 2.75) is 32.3 Å². The van der Waals surface area contributed by atoms with Crippen LogP contribution in [-0.4, -0.2) is 10.9 Å². The van der Waals surface area contributed by atoms with Gasteiger partial charge >= 0.3 is 0 Å². The second kappa shape index (κ2) is 5.81. The molecule has 96 valence electrons. The first kappa shape index (κ1) is 13.5. The number of allylic oxidation sites excluding steroid dienone is 1. The minimum atomic E-state index is -0.536. The molecule has 1 aromatic rings. The molecule has 0 unspecified atom stereocenters. The highest BCUT2D eigenvalue weighted by atomic mass is 79.9. The molecule has 1 aromatic carbocycles. The lowest BCUT2D eigenvalue weighted by Crippen LogP contribution is -2.16. The summed E-state index contributed by atoms with van der Waals surface area (Å²) in [5, 5.41) is 10.3. The zero-order valence-corrected chi connectivity index (χ0v) is 12.0. The van der Waals surface area contributed by atoms with Gasteiger partial charge in [0.05, 0.1) is 0 Å². The van der Waals surface area contributed by atoms with Crippen molar-refractivity contribution in [2.75, 3.05) is 0 Å². The molecule has 0 fully saturated rings. The van der Waals surface area contributed by atoms with Gasteiger partial charge in [-0.1, -0.05) is 34.1 Å². The zero-order chi connectivity index (χ0) is 13.1. The highest BCUT2D eigenvalue weighted by Crippen LogP contribution is 2.32. The second-order valence-corrected chi connectivity index (χ2v) is 5.73. The van der Waals surface area contributed by atoms with Crippen LogP contribution >= 0.6 is 15.9 Å². The molecule has 0 bridgehead atoms. The Bertz CT molecular complexity index is 462. The predicted molar refractivity (Wildman–Crippen MR) is 75.2 cm³/mol. The first-order chi connectivity index (χ1) is 8.58. The monoisotopic (exact) mass is 308 g/mol. The Hall–Kier alpha value is -0.930. The third-order valence-electron chi connectivity index (χ3n) is 3.56. The summed E-state index contributed by atoms with van der Waals surface area (Å²) in [6.45, 7) is 1.65. The van der Waals surface area contributed by atoms with Crippen LogP contribution in [0.25, 0.3) is 0 Å². The number of rotatable bonds is 3. The third kappa shape index (κ3) is 3.09. The number of aliphatic hydroxyl groups excluding tert-OH is 1. The molecule has 1 aliphatic rings. The third-order valence-corrected chi connectivity index (χ3v) is 4.09. The summed E-state index contributed by atoms with van der Waals surface area (Å²) >= 11 is 3.38. The van der Waals surface area contributed by atoms with Crippen molar-refractivity contribution in [3.8, 4) is 0 Å². The van der Waals surface area contributed by atoms with Crippen LogP contribution < -0.4 is 0 Å². The fraction of sp³-hybridized carbons (Fsp3) is 0.400. The lowest BCUT2D eigenvalue weighted by molar-refractivity contribution is -0.120. The Morgan fingerprint density at radius 1 is 1.39 bits per heavy atom. The van der Waals surface area contributed by atoms with Gasteiger partial charge in [0.25, 0.3) is 0 Å². The van der Waals surface area contributed by atoms with Crippen molar-refractivity contribution in [3.63, 3.8) is 0 Å². The number of benzene rings is 1. The highest BCUT2D eigenvalue weighted by Gasteiger charge is 2.22. The average molecular weight is 309 g/mol. The number of Topliss-reactive ketones (excluding diaryl/α,β-unsaturated/α-hetero) is 1. The van der Waals surface area contributed by atoms with E-state index in [0.717, 1.165) is 34.9 Å². The van der Waals surface area contributed by atoms with Gasteiger partial charge < -0.3 is 5.11 Å². The summed E-state index contributed by atoms with van der Waals surface area (Å²) in [5.74, 6) is 0.397. The van der Waals surface area contributed by atoms with Crippen LogP contribution in [-0.2, 0) is 4.79 Å². The fourth-order valence-electron chi connectivity index (χ4n) is 2.33. The lowest BCUT2D eigenvalue weighted by Gasteiger charge is -2.23. The summed E-state index contributed by atoms with van der Waals surface area (Å²) in [5.41, 5.74) is 1.94. The van der Waals surface area contributed by atoms with Crippen molar-refractivity contribution in [2.24, 2.45) is 5.92 Å². The smallest absolute Gasteiger partial charge is 0.133 e. The molecule has 0 radical (unpaired) electrons. The minimum Gasteiger partial charge on any atom is -0.384 e. The predicted octanol–water partition coefficient (Wildman–Crippen LogP) is 3.80. The summed E-state index contributed by atoms with van der Waals surface area (Å²) in [6, 6.07) is 7.71. The number of hydrogen-bond acceptors (Lipinski definition) is 2. The van der Waals surface area contributed by atoms with Gasteiger partial charge in [0.1, 0.15) is 11.9 Å². The molecular weight excluding hydrogens is 292 g/mol. The average Bonchev–Trinajstić information content (AvgIpc) is 2.39. The van der Waals surface area contributed by atoms with Crippen LogP contribution in [0, 0.1) is 5.92 Å². The van der Waals surface area contributed by atoms with Crippen molar-refractivity contribution in [1.82, 2.24) is 0 Å². The standard InChI is InChI=1S/C15H17BrO2/c1-10(17)11-2-4-12(5-3-11)15(18)13-6-8-14(16)9-7-13/h4,6-9,11,15,18H,2-3,5H2,1H3/t11-,15+/m1/s1. The van der Waals surface area contributed by atoms with Crippen molar-refractivity contribution >= 4 is 21.7 Å². The number of carbonyl (C=O) groups excluding carboxylic acids is 1. The Morgan fingerprint density at radius 2 is 2.06 bits per heavy atom. The van der Waals surface area contributed by atoms with Gasteiger partial charge in [-0.25, -0.2) is 0 Å². The van der Waals surface area contributed by atoms with E-state index in [4.69, 9.17) is 0 Å². The maximum Gasteiger partial charge on any atom is 0.133 e. The van der Waals surface area contributed by atoms with E-state index in [-0.39, 0.29) is 11.7 Å². The first-order valence-corrected chi connectivity index (χ1v) is 7.00. The number of ketones is 1. The van der Waals surface area contributed by atoms with E-state index < -0.39 is 6.10 Å². The molecule has 3 heteroatoms. The van der Waals surface area contributed by atoms with E-state index >= 15 is 0 Å². The van der Waals surface area contributed by atoms with Crippen LogP contribution in [0.2, 0.25) is 0 Å². The van der Waals surface area contributed by atoms with Crippen LogP contribution in [0.15, 0.2) is 40.4 Å². The van der Waals surface area contributed by atoms with Crippen molar-refractivity contribution in [1.29, 1.82) is 0 Å². The molecule has 18 heavy (non-hydrogen) atoms. The summed E-state index contributed by atoms with van der Waals surface area (Å²) in [7, 11) is 0. The van der Waals surface area contributed by atoms with Crippen molar-refractivity contribution < 1.29 is 9.90 Å². The molecule has 0 spiro atoms. The molecule has 2 nitrogen and oxygen atoms in total. The van der Waals surface area contributed by atoms with Crippen LogP contribution in [0.3, 0.4) is 0 Å². The Labute approximate surface area is 116 Å². The molecule has 2 rings (SSSR count). The van der Waals surface area contributed by atoms with E-state index in [9.17, 15) is 9.90 Å². The van der Waals surface area contributed by atoms with Crippen molar-refractivity contribution in [3.05, 3.63) is 46.0 Å². The first-order valence-electron chi connectivity index (χ1n) is 6.21. The normalized spacial score (nSPS) is 21.3. The van der Waals surface area contributed by atoms with E-state index in [0.29, 0.717) is 0 Å². The van der Waals surface area contributed by atoms with E-state index in [2.05, 4.69) is 15.9 Å². The SMILES string of the molecule is CC(=O)[C@@H]1CC=C([C@H](O)c2ccc(Br)cc2)CC1. The van der Waals surface area contributed by atoms with E-state index in [1.165, 1.54) is 0 Å². The van der Waals surface area contributed by atoms with Crippen LogP contribution in [0.1, 0.15) is 37.9 Å². The lowest BCUT2D eigenvalue weighted by atomic mass is 9.84. The Kier molecular flexibility index (Phi) is 4.36. The number of halogens is 1. The van der Waals surface area contributed by atoms with E-state index in [1.807, 2.05) is 30.3 Å². The number of hydrogen-bond donors (Lipinski definition) is 1. The van der Waals surface area contributed by atoms with Gasteiger partial charge in [-0.05, 0) is 49.5 Å². The molecule has 1 N–H and O–H groups in total. The second-order valence-electron chi connectivity index (χ2n) is 4.82. The number of aliphatic hydroxyl groups is 1. The Morgan fingerprint density at radius 3 is 2.56 bits per heavy atom. The minimum absolute atomic E-state index is 0.144. The largest absolute Gasteiger partial charge is 0.384 e. The Balaban J connectivity index is 2.08. The maximum atomic E-state index is 11.3. The molecule has 1 aliphatic carbocycles. The summed E-state index contributed by atoms with van der Waals surface area (Å²) in [4.78, 5) is 11.3. The van der Waals surface area contributed by atoms with Crippen LogP contribution in [0.4, 0.5) is 0 Å². The fourth-order valence-corrected chi connectivity index (χ4v) is 2.60.